The van der Waals surface area contributed by atoms with Gasteiger partial charge in [-0.15, -0.1) is 0 Å². The molecule has 0 bridgehead atoms. The van der Waals surface area contributed by atoms with Gasteiger partial charge in [0.1, 0.15) is 11.2 Å². The second-order valence-electron chi connectivity index (χ2n) is 14.7. The first-order valence-electron chi connectivity index (χ1n) is 19.9. The van der Waals surface area contributed by atoms with Gasteiger partial charge < -0.3 is 4.42 Å². The fourth-order valence-electron chi connectivity index (χ4n) is 8.30. The Hall–Kier alpha value is -7.95. The molecule has 0 saturated heterocycles. The van der Waals surface area contributed by atoms with Crippen LogP contribution in [0, 0.1) is 0 Å². The fourth-order valence-corrected chi connectivity index (χ4v) is 8.30. The summed E-state index contributed by atoms with van der Waals surface area (Å²) >= 11 is 0. The molecule has 9 aromatic carbocycles. The quantitative estimate of drug-likeness (QED) is 0.163. The minimum atomic E-state index is 0.629. The molecule has 4 nitrogen and oxygen atoms in total. The molecule has 0 radical (unpaired) electrons. The van der Waals surface area contributed by atoms with E-state index in [2.05, 4.69) is 152 Å². The third kappa shape index (κ3) is 6.24. The summed E-state index contributed by atoms with van der Waals surface area (Å²) in [7, 11) is 0. The van der Waals surface area contributed by atoms with Crippen molar-refractivity contribution in [3.63, 3.8) is 0 Å². The average molecular weight is 754 g/mol. The SMILES string of the molecule is c1ccc(-c2nc(-c3ccccc3)nc(-c3cccc(-c4cccc(-c5cc6c7cccc(-c8ccccc8-c8ccccc8)c7oc6c6ccccc56)c4)c3)n2)cc1. The average Bonchev–Trinajstić information content (AvgIpc) is 3.71. The zero-order chi connectivity index (χ0) is 39.1. The first-order chi connectivity index (χ1) is 29.2. The van der Waals surface area contributed by atoms with Crippen molar-refractivity contribution < 1.29 is 4.42 Å². The molecule has 276 valence electrons. The van der Waals surface area contributed by atoms with Crippen molar-refractivity contribution >= 4 is 32.7 Å². The zero-order valence-corrected chi connectivity index (χ0v) is 32.0. The van der Waals surface area contributed by atoms with Crippen LogP contribution in [-0.4, -0.2) is 15.0 Å². The van der Waals surface area contributed by atoms with Crippen molar-refractivity contribution in [2.45, 2.75) is 0 Å². The van der Waals surface area contributed by atoms with Gasteiger partial charge in [-0.3, -0.25) is 0 Å². The molecule has 2 aromatic heterocycles. The van der Waals surface area contributed by atoms with Crippen molar-refractivity contribution in [2.24, 2.45) is 0 Å². The normalized spacial score (nSPS) is 11.4. The summed E-state index contributed by atoms with van der Waals surface area (Å²) in [5.74, 6) is 1.91. The summed E-state index contributed by atoms with van der Waals surface area (Å²) in [6.07, 6.45) is 0. The Labute approximate surface area is 341 Å². The molecular weight excluding hydrogens is 719 g/mol. The summed E-state index contributed by atoms with van der Waals surface area (Å²) in [6, 6.07) is 74.0. The zero-order valence-electron chi connectivity index (χ0n) is 32.0. The molecule has 0 atom stereocenters. The van der Waals surface area contributed by atoms with Crippen LogP contribution in [0.1, 0.15) is 0 Å². The van der Waals surface area contributed by atoms with E-state index < -0.39 is 0 Å². The van der Waals surface area contributed by atoms with Gasteiger partial charge in [-0.2, -0.15) is 0 Å². The predicted molar refractivity (Wildman–Crippen MR) is 243 cm³/mol. The van der Waals surface area contributed by atoms with E-state index in [-0.39, 0.29) is 0 Å². The Balaban J connectivity index is 1.03. The summed E-state index contributed by atoms with van der Waals surface area (Å²) in [4.78, 5) is 14.9. The lowest BCUT2D eigenvalue weighted by molar-refractivity contribution is 0.674. The Morgan fingerprint density at radius 1 is 0.237 bits per heavy atom. The molecule has 0 saturated carbocycles. The standard InChI is InChI=1S/C55H35N3O/c1-4-17-36(18-5-1)43-27-10-11-28-44(43)47-31-16-32-48-50-35-49(45-29-12-13-30-46(45)52(50)59-51(47)48)41-25-14-23-39(33-41)40-24-15-26-42(34-40)55-57-53(37-19-6-2-7-20-37)56-54(58-55)38-21-8-3-9-22-38/h1-35H. The minimum absolute atomic E-state index is 0.629. The molecule has 0 aliphatic carbocycles. The lowest BCUT2D eigenvalue weighted by Gasteiger charge is -2.12. The number of aromatic nitrogens is 3. The molecule has 0 N–H and O–H groups in total. The highest BCUT2D eigenvalue weighted by atomic mass is 16.3. The van der Waals surface area contributed by atoms with Crippen LogP contribution < -0.4 is 0 Å². The van der Waals surface area contributed by atoms with Crippen molar-refractivity contribution in [1.82, 2.24) is 15.0 Å². The number of para-hydroxylation sites is 1. The first-order valence-corrected chi connectivity index (χ1v) is 19.9. The largest absolute Gasteiger partial charge is 0.455 e. The van der Waals surface area contributed by atoms with Gasteiger partial charge in [0, 0.05) is 38.4 Å². The van der Waals surface area contributed by atoms with E-state index in [4.69, 9.17) is 19.4 Å². The van der Waals surface area contributed by atoms with Crippen molar-refractivity contribution in [3.8, 4) is 78.7 Å². The van der Waals surface area contributed by atoms with Gasteiger partial charge in [0.15, 0.2) is 17.5 Å². The lowest BCUT2D eigenvalue weighted by Crippen LogP contribution is -2.00. The number of furan rings is 1. The second-order valence-corrected chi connectivity index (χ2v) is 14.7. The molecule has 0 unspecified atom stereocenters. The third-order valence-electron chi connectivity index (χ3n) is 11.1. The van der Waals surface area contributed by atoms with E-state index >= 15 is 0 Å². The van der Waals surface area contributed by atoms with E-state index in [1.165, 1.54) is 11.1 Å². The molecule has 0 aliphatic rings. The number of benzene rings is 9. The highest BCUT2D eigenvalue weighted by Gasteiger charge is 2.19. The van der Waals surface area contributed by atoms with E-state index in [1.54, 1.807) is 0 Å². The van der Waals surface area contributed by atoms with Gasteiger partial charge in [0.25, 0.3) is 0 Å². The van der Waals surface area contributed by atoms with Gasteiger partial charge in [-0.1, -0.05) is 194 Å². The molecule has 4 heteroatoms. The van der Waals surface area contributed by atoms with Crippen molar-refractivity contribution in [2.75, 3.05) is 0 Å². The lowest BCUT2D eigenvalue weighted by atomic mass is 9.92. The summed E-state index contributed by atoms with van der Waals surface area (Å²) < 4.78 is 6.94. The highest BCUT2D eigenvalue weighted by Crippen LogP contribution is 2.44. The molecule has 0 aliphatic heterocycles. The van der Waals surface area contributed by atoms with Gasteiger partial charge in [0.2, 0.25) is 0 Å². The summed E-state index contributed by atoms with van der Waals surface area (Å²) in [5.41, 5.74) is 13.6. The smallest absolute Gasteiger partial charge is 0.164 e. The Kier molecular flexibility index (Phi) is 8.45. The topological polar surface area (TPSA) is 51.8 Å². The molecular formula is C55H35N3O. The number of hydrogen-bond donors (Lipinski definition) is 0. The monoisotopic (exact) mass is 753 g/mol. The Morgan fingerprint density at radius 2 is 0.661 bits per heavy atom. The van der Waals surface area contributed by atoms with Crippen LogP contribution >= 0.6 is 0 Å². The number of nitrogens with zero attached hydrogens (tertiary/aromatic N) is 3. The van der Waals surface area contributed by atoms with Crippen LogP contribution in [0.2, 0.25) is 0 Å². The van der Waals surface area contributed by atoms with E-state index in [1.807, 2.05) is 60.7 Å². The number of hydrogen-bond acceptors (Lipinski definition) is 4. The van der Waals surface area contributed by atoms with Gasteiger partial charge in [-0.25, -0.2) is 15.0 Å². The van der Waals surface area contributed by atoms with E-state index in [0.29, 0.717) is 17.5 Å². The molecule has 0 amide bonds. The van der Waals surface area contributed by atoms with Crippen molar-refractivity contribution in [1.29, 1.82) is 0 Å². The van der Waals surface area contributed by atoms with Gasteiger partial charge >= 0.3 is 0 Å². The van der Waals surface area contributed by atoms with Crippen LogP contribution in [-0.2, 0) is 0 Å². The van der Waals surface area contributed by atoms with Gasteiger partial charge in [0.05, 0.1) is 0 Å². The maximum absolute atomic E-state index is 6.94. The van der Waals surface area contributed by atoms with Gasteiger partial charge in [-0.05, 0) is 62.5 Å². The van der Waals surface area contributed by atoms with E-state index in [0.717, 1.165) is 82.8 Å². The molecule has 11 rings (SSSR count). The number of rotatable bonds is 7. The maximum atomic E-state index is 6.94. The molecule has 59 heavy (non-hydrogen) atoms. The molecule has 0 spiro atoms. The van der Waals surface area contributed by atoms with Crippen LogP contribution in [0.15, 0.2) is 217 Å². The van der Waals surface area contributed by atoms with Crippen LogP contribution in [0.3, 0.4) is 0 Å². The maximum Gasteiger partial charge on any atom is 0.164 e. The minimum Gasteiger partial charge on any atom is -0.455 e. The fraction of sp³-hybridized carbons (Fsp3) is 0. The van der Waals surface area contributed by atoms with Crippen LogP contribution in [0.4, 0.5) is 0 Å². The highest BCUT2D eigenvalue weighted by molar-refractivity contribution is 6.21. The molecule has 0 fully saturated rings. The first kappa shape index (κ1) is 34.3. The molecule has 2 heterocycles. The number of fused-ring (bicyclic) bond motifs is 5. The summed E-state index contributed by atoms with van der Waals surface area (Å²) in [6.45, 7) is 0. The van der Waals surface area contributed by atoms with Crippen LogP contribution in [0.25, 0.3) is 111 Å². The Morgan fingerprint density at radius 3 is 1.32 bits per heavy atom. The Bertz CT molecular complexity index is 3260. The summed E-state index contributed by atoms with van der Waals surface area (Å²) in [5, 5.41) is 4.42. The van der Waals surface area contributed by atoms with E-state index in [9.17, 15) is 0 Å². The second kappa shape index (κ2) is 14.5. The predicted octanol–water partition coefficient (Wildman–Crippen LogP) is 14.6. The van der Waals surface area contributed by atoms with Crippen molar-refractivity contribution in [3.05, 3.63) is 212 Å². The molecule has 11 aromatic rings. The third-order valence-corrected chi connectivity index (χ3v) is 11.1. The van der Waals surface area contributed by atoms with Crippen LogP contribution in [0.5, 0.6) is 0 Å².